The average molecular weight is 451 g/mol. The summed E-state index contributed by atoms with van der Waals surface area (Å²) in [5.74, 6) is -0.809. The fraction of sp³-hybridized carbons (Fsp3) is 0.577. The van der Waals surface area contributed by atoms with Crippen LogP contribution < -0.4 is 4.74 Å². The summed E-state index contributed by atoms with van der Waals surface area (Å²) in [5, 5.41) is 18.7. The Balaban J connectivity index is 1.26. The Hall–Kier alpha value is -2.88. The van der Waals surface area contributed by atoms with Crippen LogP contribution in [0.4, 0.5) is 4.39 Å². The van der Waals surface area contributed by atoms with E-state index in [1.165, 1.54) is 18.9 Å². The lowest BCUT2D eigenvalue weighted by atomic mass is 9.77. The van der Waals surface area contributed by atoms with E-state index in [2.05, 4.69) is 6.08 Å². The quantitative estimate of drug-likeness (QED) is 0.654. The summed E-state index contributed by atoms with van der Waals surface area (Å²) in [6, 6.07) is 3.81. The smallest absolute Gasteiger partial charge is 0.326 e. The highest BCUT2D eigenvalue weighted by Crippen LogP contribution is 2.61. The van der Waals surface area contributed by atoms with Gasteiger partial charge in [-0.2, -0.15) is 5.26 Å². The van der Waals surface area contributed by atoms with Crippen LogP contribution in [0.25, 0.3) is 0 Å². The Morgan fingerprint density at radius 3 is 2.58 bits per heavy atom. The highest BCUT2D eigenvalue weighted by Gasteiger charge is 2.52. The molecule has 7 rings (SSSR count). The Bertz CT molecular complexity index is 1100. The molecule has 0 aromatic heterocycles. The molecule has 3 saturated carbocycles. The molecule has 1 heterocycles. The molecule has 1 aromatic rings. The van der Waals surface area contributed by atoms with Crippen LogP contribution in [0, 0.1) is 40.3 Å². The van der Waals surface area contributed by atoms with Gasteiger partial charge in [-0.05, 0) is 74.3 Å². The van der Waals surface area contributed by atoms with Gasteiger partial charge in [-0.3, -0.25) is 4.79 Å². The number of carboxylic acid groups (broad SMARTS) is 1. The van der Waals surface area contributed by atoms with Crippen molar-refractivity contribution >= 4 is 11.9 Å². The second-order valence-corrected chi connectivity index (χ2v) is 10.8. The van der Waals surface area contributed by atoms with Crippen LogP contribution >= 0.6 is 0 Å². The molecule has 172 valence electrons. The van der Waals surface area contributed by atoms with Crippen LogP contribution in [0.2, 0.25) is 0 Å². The molecule has 0 spiro atoms. The maximum absolute atomic E-state index is 15.2. The molecule has 1 aromatic carbocycles. The highest BCUT2D eigenvalue weighted by molar-refractivity contribution is 5.97. The van der Waals surface area contributed by atoms with Gasteiger partial charge >= 0.3 is 5.97 Å². The van der Waals surface area contributed by atoms with Crippen molar-refractivity contribution in [3.8, 4) is 11.8 Å². The third-order valence-electron chi connectivity index (χ3n) is 8.45. The summed E-state index contributed by atoms with van der Waals surface area (Å²) >= 11 is 0. The van der Waals surface area contributed by atoms with Crippen molar-refractivity contribution in [3.63, 3.8) is 0 Å². The number of carbonyl (C=O) groups is 2. The van der Waals surface area contributed by atoms with Crippen molar-refractivity contribution in [3.05, 3.63) is 40.7 Å². The molecule has 6 aliphatic rings. The van der Waals surface area contributed by atoms with E-state index in [1.54, 1.807) is 11.6 Å². The highest BCUT2D eigenvalue weighted by atomic mass is 19.1. The van der Waals surface area contributed by atoms with Crippen LogP contribution in [0.3, 0.4) is 0 Å². The Morgan fingerprint density at radius 2 is 1.97 bits per heavy atom. The number of amides is 1. The number of allylic oxidation sites excluding steroid dienone is 1. The SMILES string of the molecule is N#C[C@H]1C[C@@H](C(=O)O)N(C(=O)c2cc(C3CC3)c(OCC34C=C5CC(C3)C(C5)C4)cc2F)C1. The van der Waals surface area contributed by atoms with Gasteiger partial charge in [0.25, 0.3) is 5.91 Å². The third-order valence-corrected chi connectivity index (χ3v) is 8.45. The Kier molecular flexibility index (Phi) is 4.59. The number of hydrogen-bond donors (Lipinski definition) is 1. The maximum Gasteiger partial charge on any atom is 0.326 e. The molecule has 4 fully saturated rings. The molecular formula is C26H27FN2O4. The first-order valence-electron chi connectivity index (χ1n) is 12.0. The summed E-state index contributed by atoms with van der Waals surface area (Å²) in [4.78, 5) is 25.9. The summed E-state index contributed by atoms with van der Waals surface area (Å²) in [7, 11) is 0. The predicted molar refractivity (Wildman–Crippen MR) is 116 cm³/mol. The molecule has 33 heavy (non-hydrogen) atoms. The largest absolute Gasteiger partial charge is 0.492 e. The lowest BCUT2D eigenvalue weighted by Gasteiger charge is -2.32. The van der Waals surface area contributed by atoms with Crippen molar-refractivity contribution in [1.82, 2.24) is 4.90 Å². The third kappa shape index (κ3) is 3.42. The number of nitrogens with zero attached hydrogens (tertiary/aromatic N) is 2. The summed E-state index contributed by atoms with van der Waals surface area (Å²) < 4.78 is 21.4. The molecule has 1 aliphatic heterocycles. The van der Waals surface area contributed by atoms with Crippen molar-refractivity contribution in [1.29, 1.82) is 5.26 Å². The number of benzene rings is 1. The van der Waals surface area contributed by atoms with Gasteiger partial charge in [0, 0.05) is 18.0 Å². The molecule has 0 radical (unpaired) electrons. The maximum atomic E-state index is 15.2. The second-order valence-electron chi connectivity index (χ2n) is 10.8. The lowest BCUT2D eigenvalue weighted by Crippen LogP contribution is -2.40. The van der Waals surface area contributed by atoms with Gasteiger partial charge in [-0.1, -0.05) is 11.6 Å². The molecule has 1 amide bonds. The van der Waals surface area contributed by atoms with Crippen LogP contribution in [-0.4, -0.2) is 41.1 Å². The van der Waals surface area contributed by atoms with E-state index in [1.807, 2.05) is 6.07 Å². The number of aliphatic carboxylic acids is 1. The predicted octanol–water partition coefficient (Wildman–Crippen LogP) is 4.27. The standard InChI is InChI=1S/C26H27FN2O4/c27-21-7-23(33-13-26-8-14-3-17(9-26)18(4-14)10-26)19(16-1-2-16)6-20(21)24(30)29-12-15(11-28)5-22(29)25(31)32/h6-8,15-18,22H,1-5,9-10,12-13H2,(H,31,32)/t15-,17?,18?,22+,26?/m1/s1. The van der Waals surface area contributed by atoms with Gasteiger partial charge in [0.05, 0.1) is 24.2 Å². The minimum atomic E-state index is -1.17. The average Bonchev–Trinajstić information content (AvgIpc) is 3.40. The summed E-state index contributed by atoms with van der Waals surface area (Å²) in [5.41, 5.74) is 2.31. The molecule has 4 bridgehead atoms. The first-order chi connectivity index (χ1) is 15.9. The number of ether oxygens (including phenoxy) is 1. The number of carboxylic acids is 1. The van der Waals surface area contributed by atoms with E-state index >= 15 is 4.39 Å². The number of nitriles is 1. The van der Waals surface area contributed by atoms with Crippen molar-refractivity contribution < 1.29 is 23.8 Å². The monoisotopic (exact) mass is 450 g/mol. The van der Waals surface area contributed by atoms with E-state index in [9.17, 15) is 20.0 Å². The molecule has 5 aliphatic carbocycles. The number of likely N-dealkylation sites (tertiary alicyclic amines) is 1. The van der Waals surface area contributed by atoms with Gasteiger partial charge in [0.1, 0.15) is 17.6 Å². The molecule has 7 heteroatoms. The topological polar surface area (TPSA) is 90.6 Å². The Morgan fingerprint density at radius 1 is 1.24 bits per heavy atom. The fourth-order valence-electron chi connectivity index (χ4n) is 6.86. The molecule has 2 unspecified atom stereocenters. The minimum absolute atomic E-state index is 0.00226. The van der Waals surface area contributed by atoms with Gasteiger partial charge in [0.2, 0.25) is 0 Å². The van der Waals surface area contributed by atoms with Crippen molar-refractivity contribution in [2.24, 2.45) is 23.2 Å². The van der Waals surface area contributed by atoms with E-state index in [0.717, 1.165) is 48.0 Å². The molecule has 1 saturated heterocycles. The second kappa shape index (κ2) is 7.31. The van der Waals surface area contributed by atoms with Crippen LogP contribution in [-0.2, 0) is 4.79 Å². The fourth-order valence-corrected chi connectivity index (χ4v) is 6.86. The van der Waals surface area contributed by atoms with Gasteiger partial charge in [-0.25, -0.2) is 9.18 Å². The van der Waals surface area contributed by atoms with Crippen LogP contribution in [0.1, 0.15) is 66.8 Å². The van der Waals surface area contributed by atoms with E-state index < -0.39 is 29.7 Å². The van der Waals surface area contributed by atoms with Crippen molar-refractivity contribution in [2.75, 3.05) is 13.2 Å². The van der Waals surface area contributed by atoms with Crippen molar-refractivity contribution in [2.45, 2.75) is 56.9 Å². The van der Waals surface area contributed by atoms with Crippen LogP contribution in [0.5, 0.6) is 5.75 Å². The van der Waals surface area contributed by atoms with E-state index in [4.69, 9.17) is 4.74 Å². The lowest BCUT2D eigenvalue weighted by molar-refractivity contribution is -0.141. The molecule has 6 nitrogen and oxygen atoms in total. The van der Waals surface area contributed by atoms with E-state index in [0.29, 0.717) is 12.4 Å². The Labute approximate surface area is 192 Å². The first-order valence-corrected chi connectivity index (χ1v) is 12.0. The summed E-state index contributed by atoms with van der Waals surface area (Å²) in [6.45, 7) is 0.537. The first kappa shape index (κ1) is 20.7. The van der Waals surface area contributed by atoms with Gasteiger partial charge in [0.15, 0.2) is 0 Å². The normalized spacial score (nSPS) is 33.8. The minimum Gasteiger partial charge on any atom is -0.492 e. The molecule has 1 N–H and O–H groups in total. The zero-order valence-electron chi connectivity index (χ0n) is 18.4. The van der Waals surface area contributed by atoms with Gasteiger partial charge < -0.3 is 14.7 Å². The van der Waals surface area contributed by atoms with E-state index in [-0.39, 0.29) is 29.9 Å². The number of halogens is 1. The zero-order chi connectivity index (χ0) is 22.9. The summed E-state index contributed by atoms with van der Waals surface area (Å²) in [6.07, 6.45) is 9.14. The molecular weight excluding hydrogens is 423 g/mol. The number of carbonyl (C=O) groups excluding carboxylic acids is 1. The number of hydrogen-bond acceptors (Lipinski definition) is 4. The van der Waals surface area contributed by atoms with Crippen LogP contribution in [0.15, 0.2) is 23.8 Å². The van der Waals surface area contributed by atoms with Gasteiger partial charge in [-0.15, -0.1) is 0 Å². The molecule has 4 atom stereocenters. The number of rotatable bonds is 6. The zero-order valence-corrected chi connectivity index (χ0v) is 18.4.